The molecular weight excluding hydrogens is 316 g/mol. The van der Waals surface area contributed by atoms with Crippen molar-refractivity contribution in [1.82, 2.24) is 9.55 Å². The van der Waals surface area contributed by atoms with Crippen LogP contribution < -0.4 is 0 Å². The first-order valence-corrected chi connectivity index (χ1v) is 7.35. The molecular formula is C17H17ClN2O3. The Morgan fingerprint density at radius 2 is 1.96 bits per heavy atom. The van der Waals surface area contributed by atoms with Crippen LogP contribution >= 0.6 is 11.6 Å². The van der Waals surface area contributed by atoms with Crippen molar-refractivity contribution >= 4 is 17.6 Å². The molecule has 6 heteroatoms. The molecule has 0 aliphatic carbocycles. The predicted octanol–water partition coefficient (Wildman–Crippen LogP) is 2.71. The fourth-order valence-corrected chi connectivity index (χ4v) is 2.19. The van der Waals surface area contributed by atoms with E-state index in [0.29, 0.717) is 0 Å². The first-order valence-electron chi connectivity index (χ1n) is 6.98. The van der Waals surface area contributed by atoms with E-state index in [2.05, 4.69) is 16.8 Å². The topological polar surface area (TPSA) is 75.3 Å². The van der Waals surface area contributed by atoms with Gasteiger partial charge < -0.3 is 14.8 Å². The number of imidazole rings is 1. The summed E-state index contributed by atoms with van der Waals surface area (Å²) >= 11 is 6.08. The third-order valence-electron chi connectivity index (χ3n) is 3.07. The summed E-state index contributed by atoms with van der Waals surface area (Å²) in [6.45, 7) is 5.26. The molecule has 2 N–H and O–H groups in total. The number of hydrogen-bond acceptors (Lipinski definition) is 3. The second-order valence-corrected chi connectivity index (χ2v) is 6.10. The first kappa shape index (κ1) is 17.1. The van der Waals surface area contributed by atoms with Gasteiger partial charge in [-0.25, -0.2) is 9.78 Å². The molecule has 23 heavy (non-hydrogen) atoms. The molecule has 1 aromatic carbocycles. The van der Waals surface area contributed by atoms with Gasteiger partial charge in [0.05, 0.1) is 6.54 Å². The van der Waals surface area contributed by atoms with Gasteiger partial charge in [0.25, 0.3) is 0 Å². The minimum atomic E-state index is -1.25. The van der Waals surface area contributed by atoms with E-state index in [0.717, 1.165) is 11.1 Å². The van der Waals surface area contributed by atoms with Gasteiger partial charge in [-0.05, 0) is 43.9 Å². The zero-order valence-electron chi connectivity index (χ0n) is 13.1. The molecule has 0 saturated heterocycles. The van der Waals surface area contributed by atoms with Gasteiger partial charge in [-0.1, -0.05) is 35.7 Å². The Balaban J connectivity index is 2.46. The molecule has 5 nitrogen and oxygen atoms in total. The first-order chi connectivity index (χ1) is 10.7. The minimum Gasteiger partial charge on any atom is -0.476 e. The highest BCUT2D eigenvalue weighted by Gasteiger charge is 2.21. The van der Waals surface area contributed by atoms with Crippen LogP contribution in [0.5, 0.6) is 0 Å². The lowest BCUT2D eigenvalue weighted by Gasteiger charge is -2.08. The van der Waals surface area contributed by atoms with Gasteiger partial charge in [0.2, 0.25) is 5.28 Å². The molecule has 0 bridgehead atoms. The number of aromatic nitrogens is 2. The normalized spacial score (nSPS) is 11.0. The van der Waals surface area contributed by atoms with Crippen molar-refractivity contribution in [2.75, 3.05) is 0 Å². The average Bonchev–Trinajstić information content (AvgIpc) is 2.75. The van der Waals surface area contributed by atoms with E-state index in [1.54, 1.807) is 0 Å². The van der Waals surface area contributed by atoms with Crippen LogP contribution in [0, 0.1) is 18.8 Å². The maximum absolute atomic E-state index is 11.6. The number of halogens is 1. The van der Waals surface area contributed by atoms with Crippen LogP contribution in [-0.2, 0) is 6.54 Å². The molecule has 0 atom stereocenters. The van der Waals surface area contributed by atoms with E-state index in [9.17, 15) is 15.0 Å². The number of aliphatic hydroxyl groups is 1. The Labute approximate surface area is 139 Å². The number of carboxylic acids is 1. The van der Waals surface area contributed by atoms with Gasteiger partial charge in [-0.15, -0.1) is 0 Å². The van der Waals surface area contributed by atoms with E-state index >= 15 is 0 Å². The van der Waals surface area contributed by atoms with Crippen molar-refractivity contribution in [3.05, 3.63) is 52.1 Å². The van der Waals surface area contributed by atoms with E-state index < -0.39 is 11.6 Å². The Bertz CT molecular complexity index is 790. The summed E-state index contributed by atoms with van der Waals surface area (Å²) in [7, 11) is 0. The number of nitrogens with zero attached hydrogens (tertiary/aromatic N) is 2. The molecule has 0 fully saturated rings. The van der Waals surface area contributed by atoms with Gasteiger partial charge in [0.1, 0.15) is 11.3 Å². The van der Waals surface area contributed by atoms with Crippen molar-refractivity contribution in [1.29, 1.82) is 0 Å². The van der Waals surface area contributed by atoms with Crippen molar-refractivity contribution < 1.29 is 15.0 Å². The summed E-state index contributed by atoms with van der Waals surface area (Å²) in [4.78, 5) is 15.6. The summed E-state index contributed by atoms with van der Waals surface area (Å²) in [6.07, 6.45) is 0. The maximum atomic E-state index is 11.6. The Hall–Kier alpha value is -2.29. The SMILES string of the molecule is Cc1ccc(Cn2c(Cl)nc(C#CC(C)(C)O)c2C(=O)O)cc1. The Morgan fingerprint density at radius 1 is 1.35 bits per heavy atom. The standard InChI is InChI=1S/C17H17ClN2O3/c1-11-4-6-12(7-5-11)10-20-14(15(21)22)13(19-16(20)18)8-9-17(2,3)23/h4-7,23H,10H2,1-3H3,(H,21,22). The molecule has 120 valence electrons. The highest BCUT2D eigenvalue weighted by molar-refractivity contribution is 6.28. The quantitative estimate of drug-likeness (QED) is 0.847. The van der Waals surface area contributed by atoms with Gasteiger partial charge in [-0.3, -0.25) is 0 Å². The van der Waals surface area contributed by atoms with Crippen LogP contribution in [0.15, 0.2) is 24.3 Å². The molecule has 1 aromatic heterocycles. The highest BCUT2D eigenvalue weighted by Crippen LogP contribution is 2.19. The number of aryl methyl sites for hydroxylation is 1. The molecule has 0 unspecified atom stereocenters. The molecule has 0 radical (unpaired) electrons. The Kier molecular flexibility index (Phi) is 4.79. The van der Waals surface area contributed by atoms with Crippen LogP contribution in [0.25, 0.3) is 0 Å². The number of rotatable bonds is 3. The third-order valence-corrected chi connectivity index (χ3v) is 3.36. The second kappa shape index (κ2) is 6.45. The average molecular weight is 333 g/mol. The molecule has 0 amide bonds. The van der Waals surface area contributed by atoms with E-state index in [1.807, 2.05) is 31.2 Å². The lowest BCUT2D eigenvalue weighted by Crippen LogP contribution is -2.15. The summed E-state index contributed by atoms with van der Waals surface area (Å²) in [6, 6.07) is 7.68. The Morgan fingerprint density at radius 3 is 2.48 bits per heavy atom. The lowest BCUT2D eigenvalue weighted by molar-refractivity contribution is 0.0685. The summed E-state index contributed by atoms with van der Waals surface area (Å²) in [5.41, 5.74) is 0.715. The number of benzene rings is 1. The van der Waals surface area contributed by atoms with Gasteiger partial charge in [-0.2, -0.15) is 0 Å². The fraction of sp³-hybridized carbons (Fsp3) is 0.294. The summed E-state index contributed by atoms with van der Waals surface area (Å²) < 4.78 is 1.39. The summed E-state index contributed by atoms with van der Waals surface area (Å²) in [5.74, 6) is 3.98. The van der Waals surface area contributed by atoms with Gasteiger partial charge >= 0.3 is 5.97 Å². The van der Waals surface area contributed by atoms with Crippen LogP contribution in [0.4, 0.5) is 0 Å². The molecule has 1 heterocycles. The van der Waals surface area contributed by atoms with E-state index in [-0.39, 0.29) is 23.2 Å². The van der Waals surface area contributed by atoms with E-state index in [4.69, 9.17) is 11.6 Å². The zero-order valence-corrected chi connectivity index (χ0v) is 13.8. The van der Waals surface area contributed by atoms with Crippen LogP contribution in [0.2, 0.25) is 5.28 Å². The molecule has 0 spiro atoms. The predicted molar refractivity (Wildman–Crippen MR) is 87.7 cm³/mol. The van der Waals surface area contributed by atoms with Crippen LogP contribution in [0.1, 0.15) is 41.2 Å². The molecule has 0 aliphatic rings. The lowest BCUT2D eigenvalue weighted by atomic mass is 10.1. The van der Waals surface area contributed by atoms with Gasteiger partial charge in [0, 0.05) is 0 Å². The van der Waals surface area contributed by atoms with Crippen LogP contribution in [0.3, 0.4) is 0 Å². The van der Waals surface area contributed by atoms with Crippen LogP contribution in [-0.4, -0.2) is 31.3 Å². The number of carbonyl (C=O) groups is 1. The molecule has 2 rings (SSSR count). The molecule has 0 aliphatic heterocycles. The monoisotopic (exact) mass is 332 g/mol. The molecule has 0 saturated carbocycles. The van der Waals surface area contributed by atoms with Crippen molar-refractivity contribution in [3.63, 3.8) is 0 Å². The maximum Gasteiger partial charge on any atom is 0.355 e. The van der Waals surface area contributed by atoms with E-state index in [1.165, 1.54) is 18.4 Å². The number of hydrogen-bond donors (Lipinski definition) is 2. The van der Waals surface area contributed by atoms with Crippen molar-refractivity contribution in [2.45, 2.75) is 32.9 Å². The molecule has 2 aromatic rings. The zero-order chi connectivity index (χ0) is 17.2. The smallest absolute Gasteiger partial charge is 0.355 e. The van der Waals surface area contributed by atoms with Gasteiger partial charge in [0.15, 0.2) is 5.69 Å². The summed E-state index contributed by atoms with van der Waals surface area (Å²) in [5, 5.41) is 19.2. The van der Waals surface area contributed by atoms with Crippen molar-refractivity contribution in [3.8, 4) is 11.8 Å². The third kappa shape index (κ3) is 4.35. The second-order valence-electron chi connectivity index (χ2n) is 5.76. The minimum absolute atomic E-state index is 0.0386. The largest absolute Gasteiger partial charge is 0.476 e. The highest BCUT2D eigenvalue weighted by atomic mass is 35.5. The number of aromatic carboxylic acids is 1. The number of carboxylic acid groups (broad SMARTS) is 1. The fourth-order valence-electron chi connectivity index (χ4n) is 1.96. The van der Waals surface area contributed by atoms with Crippen molar-refractivity contribution in [2.24, 2.45) is 0 Å².